The molecule has 0 radical (unpaired) electrons. The van der Waals surface area contributed by atoms with Crippen molar-refractivity contribution < 1.29 is 13.2 Å². The van der Waals surface area contributed by atoms with Gasteiger partial charge in [0.25, 0.3) is 0 Å². The normalized spacial score (nSPS) is 22.6. The number of halogens is 5. The van der Waals surface area contributed by atoms with Gasteiger partial charge in [-0.2, -0.15) is 18.2 Å². The number of nitrogens with zero attached hydrogens (tertiary/aromatic N) is 4. The first kappa shape index (κ1) is 20.5. The van der Waals surface area contributed by atoms with Gasteiger partial charge in [0.15, 0.2) is 0 Å². The van der Waals surface area contributed by atoms with E-state index in [0.29, 0.717) is 28.8 Å². The molecule has 2 aliphatic rings. The predicted octanol–water partition coefficient (Wildman–Crippen LogP) is 5.08. The van der Waals surface area contributed by atoms with Crippen LogP contribution in [-0.2, 0) is 6.18 Å². The van der Waals surface area contributed by atoms with E-state index < -0.39 is 11.7 Å². The Balaban J connectivity index is 1.64. The minimum atomic E-state index is -4.53. The van der Waals surface area contributed by atoms with Gasteiger partial charge in [0, 0.05) is 36.9 Å². The average molecular weight is 446 g/mol. The van der Waals surface area contributed by atoms with Crippen molar-refractivity contribution >= 4 is 40.7 Å². The Morgan fingerprint density at radius 1 is 1.10 bits per heavy atom. The summed E-state index contributed by atoms with van der Waals surface area (Å²) in [5.41, 5.74) is -0.249. The van der Waals surface area contributed by atoms with Crippen LogP contribution in [0.15, 0.2) is 24.4 Å². The van der Waals surface area contributed by atoms with Crippen molar-refractivity contribution in [3.05, 3.63) is 40.0 Å². The molecule has 3 heterocycles. The summed E-state index contributed by atoms with van der Waals surface area (Å²) in [6, 6.07) is 4.83. The first-order chi connectivity index (χ1) is 13.7. The molecule has 2 saturated heterocycles. The Morgan fingerprint density at radius 2 is 1.86 bits per heavy atom. The van der Waals surface area contributed by atoms with Gasteiger partial charge in [0.1, 0.15) is 11.4 Å². The van der Waals surface area contributed by atoms with Crippen molar-refractivity contribution in [3.8, 4) is 0 Å². The summed E-state index contributed by atoms with van der Waals surface area (Å²) in [7, 11) is 2.04. The summed E-state index contributed by atoms with van der Waals surface area (Å²) < 4.78 is 40.9. The van der Waals surface area contributed by atoms with Crippen LogP contribution in [0.4, 0.5) is 30.6 Å². The number of nitrogens with one attached hydrogen (secondary N) is 1. The lowest BCUT2D eigenvalue weighted by Gasteiger charge is -2.26. The molecule has 4 rings (SSSR count). The molecule has 5 nitrogen and oxygen atoms in total. The fraction of sp³-hybridized carbons (Fsp3) is 0.474. The van der Waals surface area contributed by atoms with E-state index in [-0.39, 0.29) is 17.2 Å². The fourth-order valence-corrected chi connectivity index (χ4v) is 4.48. The smallest absolute Gasteiger partial charge is 0.355 e. The second kappa shape index (κ2) is 7.49. The average Bonchev–Trinajstić information content (AvgIpc) is 3.23. The van der Waals surface area contributed by atoms with E-state index in [9.17, 15) is 13.2 Å². The highest BCUT2D eigenvalue weighted by molar-refractivity contribution is 6.42. The second-order valence-electron chi connectivity index (χ2n) is 7.84. The quantitative estimate of drug-likeness (QED) is 0.713. The van der Waals surface area contributed by atoms with E-state index in [1.807, 2.05) is 7.05 Å². The van der Waals surface area contributed by atoms with Crippen LogP contribution in [0.5, 0.6) is 0 Å². The molecule has 2 aliphatic heterocycles. The molecule has 0 bridgehead atoms. The minimum Gasteiger partial charge on any atom is -0.355 e. The Labute approximate surface area is 176 Å². The Kier molecular flexibility index (Phi) is 5.29. The number of benzene rings is 1. The third kappa shape index (κ3) is 4.25. The van der Waals surface area contributed by atoms with E-state index in [1.165, 1.54) is 0 Å². The Hall–Kier alpha value is -1.77. The van der Waals surface area contributed by atoms with E-state index >= 15 is 0 Å². The molecule has 1 spiro atoms. The van der Waals surface area contributed by atoms with Crippen LogP contribution in [0, 0.1) is 5.41 Å². The topological polar surface area (TPSA) is 44.3 Å². The van der Waals surface area contributed by atoms with Crippen molar-refractivity contribution in [3.63, 3.8) is 0 Å². The van der Waals surface area contributed by atoms with Gasteiger partial charge in [-0.15, -0.1) is 0 Å². The number of hydrogen-bond donors (Lipinski definition) is 1. The van der Waals surface area contributed by atoms with Gasteiger partial charge < -0.3 is 15.1 Å². The molecule has 1 N–H and O–H groups in total. The first-order valence-corrected chi connectivity index (χ1v) is 10.0. The standard InChI is InChI=1S/C19H20Cl2F3N5/c1-28-6-4-18(10-28)5-7-29(11-18)16-13(19(22,23)24)9-25-17(27-16)26-12-2-3-14(20)15(21)8-12/h2-3,8-9H,4-7,10-11H2,1H3,(H,25,26,27). The zero-order valence-electron chi connectivity index (χ0n) is 15.7. The van der Waals surface area contributed by atoms with Crippen LogP contribution < -0.4 is 10.2 Å². The maximum Gasteiger partial charge on any atom is 0.421 e. The summed E-state index contributed by atoms with van der Waals surface area (Å²) in [4.78, 5) is 12.1. The fourth-order valence-electron chi connectivity index (χ4n) is 4.18. The molecule has 10 heteroatoms. The monoisotopic (exact) mass is 445 g/mol. The highest BCUT2D eigenvalue weighted by atomic mass is 35.5. The molecule has 2 fully saturated rings. The lowest BCUT2D eigenvalue weighted by atomic mass is 9.86. The molecule has 1 aromatic carbocycles. The van der Waals surface area contributed by atoms with E-state index in [2.05, 4.69) is 20.2 Å². The van der Waals surface area contributed by atoms with Crippen LogP contribution in [0.25, 0.3) is 0 Å². The number of rotatable bonds is 3. The molecular weight excluding hydrogens is 426 g/mol. The summed E-state index contributed by atoms with van der Waals surface area (Å²) >= 11 is 11.9. The van der Waals surface area contributed by atoms with Gasteiger partial charge in [0.05, 0.1) is 10.0 Å². The van der Waals surface area contributed by atoms with Gasteiger partial charge in [0.2, 0.25) is 5.95 Å². The van der Waals surface area contributed by atoms with Crippen molar-refractivity contribution in [2.75, 3.05) is 43.4 Å². The van der Waals surface area contributed by atoms with Crippen LogP contribution in [-0.4, -0.2) is 48.1 Å². The molecule has 2 aromatic rings. The number of likely N-dealkylation sites (tertiary alicyclic amines) is 1. The first-order valence-electron chi connectivity index (χ1n) is 9.25. The Bertz CT molecular complexity index is 923. The van der Waals surface area contributed by atoms with Crippen LogP contribution in [0.2, 0.25) is 10.0 Å². The lowest BCUT2D eigenvalue weighted by Crippen LogP contribution is -2.31. The molecule has 0 amide bonds. The number of anilines is 3. The van der Waals surface area contributed by atoms with Gasteiger partial charge in [-0.3, -0.25) is 0 Å². The van der Waals surface area contributed by atoms with Crippen molar-refractivity contribution in [1.29, 1.82) is 0 Å². The van der Waals surface area contributed by atoms with Gasteiger partial charge in [-0.25, -0.2) is 4.98 Å². The van der Waals surface area contributed by atoms with Crippen LogP contribution in [0.1, 0.15) is 18.4 Å². The van der Waals surface area contributed by atoms with Gasteiger partial charge in [-0.1, -0.05) is 23.2 Å². The van der Waals surface area contributed by atoms with E-state index in [1.54, 1.807) is 23.1 Å². The lowest BCUT2D eigenvalue weighted by molar-refractivity contribution is -0.137. The Morgan fingerprint density at radius 3 is 2.52 bits per heavy atom. The molecule has 0 aliphatic carbocycles. The maximum atomic E-state index is 13.6. The second-order valence-corrected chi connectivity index (χ2v) is 8.66. The molecule has 1 atom stereocenters. The van der Waals surface area contributed by atoms with Crippen molar-refractivity contribution in [2.24, 2.45) is 5.41 Å². The molecule has 1 aromatic heterocycles. The van der Waals surface area contributed by atoms with Crippen molar-refractivity contribution in [2.45, 2.75) is 19.0 Å². The number of alkyl halides is 3. The minimum absolute atomic E-state index is 0.0276. The molecular formula is C19H20Cl2F3N5. The third-order valence-electron chi connectivity index (χ3n) is 5.62. The highest BCUT2D eigenvalue weighted by Gasteiger charge is 2.45. The van der Waals surface area contributed by atoms with Gasteiger partial charge in [-0.05, 0) is 44.6 Å². The zero-order chi connectivity index (χ0) is 20.8. The number of hydrogen-bond acceptors (Lipinski definition) is 5. The third-order valence-corrected chi connectivity index (χ3v) is 6.36. The van der Waals surface area contributed by atoms with Gasteiger partial charge >= 0.3 is 6.18 Å². The summed E-state index contributed by atoms with van der Waals surface area (Å²) in [5.74, 6) is -0.00244. The zero-order valence-corrected chi connectivity index (χ0v) is 17.2. The molecule has 1 unspecified atom stereocenters. The summed E-state index contributed by atoms with van der Waals surface area (Å²) in [5, 5.41) is 3.63. The number of aromatic nitrogens is 2. The summed E-state index contributed by atoms with van der Waals surface area (Å²) in [6.07, 6.45) is -1.84. The molecule has 29 heavy (non-hydrogen) atoms. The van der Waals surface area contributed by atoms with E-state index in [4.69, 9.17) is 23.2 Å². The van der Waals surface area contributed by atoms with E-state index in [0.717, 1.165) is 32.1 Å². The van der Waals surface area contributed by atoms with Crippen LogP contribution in [0.3, 0.4) is 0 Å². The SMILES string of the molecule is CN1CCC2(CCN(c3nc(Nc4ccc(Cl)c(Cl)c4)ncc3C(F)(F)F)C2)C1. The predicted molar refractivity (Wildman–Crippen MR) is 108 cm³/mol. The highest BCUT2D eigenvalue weighted by Crippen LogP contribution is 2.43. The molecule has 0 saturated carbocycles. The molecule has 156 valence electrons. The van der Waals surface area contributed by atoms with Crippen LogP contribution >= 0.6 is 23.2 Å². The largest absolute Gasteiger partial charge is 0.421 e. The maximum absolute atomic E-state index is 13.6. The van der Waals surface area contributed by atoms with Crippen molar-refractivity contribution in [1.82, 2.24) is 14.9 Å². The summed E-state index contributed by atoms with van der Waals surface area (Å²) in [6.45, 7) is 2.96.